The molecule has 6 nitrogen and oxygen atoms in total. The molecule has 0 radical (unpaired) electrons. The molecule has 0 aromatic heterocycles. The summed E-state index contributed by atoms with van der Waals surface area (Å²) in [5.74, 6) is 2.40. The Morgan fingerprint density at radius 2 is 2.16 bits per heavy atom. The largest absolute Gasteiger partial charge is 0.497 e. The zero-order valence-corrected chi connectivity index (χ0v) is 17.8. The zero-order valence-electron chi connectivity index (χ0n) is 15.5. The molecule has 7 heteroatoms. The van der Waals surface area contributed by atoms with Crippen LogP contribution in [0.3, 0.4) is 0 Å². The van der Waals surface area contributed by atoms with Crippen molar-refractivity contribution in [2.24, 2.45) is 10.9 Å². The van der Waals surface area contributed by atoms with Crippen LogP contribution in [-0.2, 0) is 4.74 Å². The summed E-state index contributed by atoms with van der Waals surface area (Å²) in [6.07, 6.45) is 2.16. The molecule has 1 aromatic carbocycles. The van der Waals surface area contributed by atoms with E-state index in [1.54, 1.807) is 14.2 Å². The van der Waals surface area contributed by atoms with Crippen LogP contribution in [0.25, 0.3) is 0 Å². The van der Waals surface area contributed by atoms with Crippen LogP contribution in [0.5, 0.6) is 5.75 Å². The highest BCUT2D eigenvalue weighted by molar-refractivity contribution is 14.0. The molecular formula is C18H31IN4O2. The molecule has 0 bridgehead atoms. The number of anilines is 1. The maximum absolute atomic E-state index is 5.32. The number of rotatable bonds is 8. The molecule has 0 spiro atoms. The molecule has 1 aliphatic heterocycles. The fraction of sp³-hybridized carbons (Fsp3) is 0.611. The van der Waals surface area contributed by atoms with Crippen molar-refractivity contribution in [3.63, 3.8) is 0 Å². The number of benzene rings is 1. The van der Waals surface area contributed by atoms with E-state index >= 15 is 0 Å². The summed E-state index contributed by atoms with van der Waals surface area (Å²) in [4.78, 5) is 6.69. The second-order valence-electron chi connectivity index (χ2n) is 6.03. The number of nitrogens with zero attached hydrogens (tertiary/aromatic N) is 2. The highest BCUT2D eigenvalue weighted by Gasteiger charge is 2.23. The number of nitrogens with one attached hydrogen (secondary N) is 2. The van der Waals surface area contributed by atoms with Crippen molar-refractivity contribution in [2.75, 3.05) is 59.0 Å². The molecule has 25 heavy (non-hydrogen) atoms. The van der Waals surface area contributed by atoms with Crippen LogP contribution in [0.4, 0.5) is 5.69 Å². The molecule has 0 amide bonds. The molecule has 142 valence electrons. The molecule has 0 saturated carbocycles. The van der Waals surface area contributed by atoms with Crippen molar-refractivity contribution in [2.45, 2.75) is 12.8 Å². The lowest BCUT2D eigenvalue weighted by Crippen LogP contribution is -2.40. The minimum Gasteiger partial charge on any atom is -0.497 e. The summed E-state index contributed by atoms with van der Waals surface area (Å²) >= 11 is 0. The highest BCUT2D eigenvalue weighted by atomic mass is 127. The number of methoxy groups -OCH3 is 2. The van der Waals surface area contributed by atoms with E-state index in [-0.39, 0.29) is 24.0 Å². The number of aliphatic imine (C=N–C) groups is 1. The van der Waals surface area contributed by atoms with Crippen molar-refractivity contribution in [3.8, 4) is 5.75 Å². The monoisotopic (exact) mass is 462 g/mol. The van der Waals surface area contributed by atoms with E-state index in [0.717, 1.165) is 50.9 Å². The summed E-state index contributed by atoms with van der Waals surface area (Å²) in [6.45, 7) is 4.71. The van der Waals surface area contributed by atoms with Crippen LogP contribution in [0, 0.1) is 5.92 Å². The maximum atomic E-state index is 5.32. The van der Waals surface area contributed by atoms with Gasteiger partial charge in [0, 0.05) is 58.7 Å². The fourth-order valence-corrected chi connectivity index (χ4v) is 2.93. The Morgan fingerprint density at radius 1 is 1.32 bits per heavy atom. The summed E-state index contributed by atoms with van der Waals surface area (Å²) in [5.41, 5.74) is 1.24. The summed E-state index contributed by atoms with van der Waals surface area (Å²) in [7, 11) is 5.24. The Kier molecular flexibility index (Phi) is 10.6. The second-order valence-corrected chi connectivity index (χ2v) is 6.03. The van der Waals surface area contributed by atoms with Crippen LogP contribution in [-0.4, -0.2) is 60.0 Å². The molecule has 1 fully saturated rings. The van der Waals surface area contributed by atoms with E-state index in [1.807, 2.05) is 19.2 Å². The highest BCUT2D eigenvalue weighted by Crippen LogP contribution is 2.26. The first-order valence-corrected chi connectivity index (χ1v) is 8.59. The van der Waals surface area contributed by atoms with Crippen LogP contribution in [0.1, 0.15) is 12.8 Å². The Balaban J connectivity index is 0.00000312. The van der Waals surface area contributed by atoms with Gasteiger partial charge in [0.15, 0.2) is 5.96 Å². The number of halogens is 1. The van der Waals surface area contributed by atoms with Crippen LogP contribution in [0.15, 0.2) is 29.3 Å². The second kappa shape index (κ2) is 12.2. The first kappa shape index (κ1) is 21.8. The van der Waals surface area contributed by atoms with E-state index in [0.29, 0.717) is 5.92 Å². The first-order chi connectivity index (χ1) is 11.8. The third kappa shape index (κ3) is 7.27. The summed E-state index contributed by atoms with van der Waals surface area (Å²) in [5, 5.41) is 6.74. The van der Waals surface area contributed by atoms with Gasteiger partial charge in [-0.25, -0.2) is 0 Å². The number of hydrogen-bond acceptors (Lipinski definition) is 4. The van der Waals surface area contributed by atoms with Crippen molar-refractivity contribution >= 4 is 35.6 Å². The molecule has 1 heterocycles. The third-order valence-corrected chi connectivity index (χ3v) is 4.30. The predicted octanol–water partition coefficient (Wildman–Crippen LogP) is 2.34. The van der Waals surface area contributed by atoms with E-state index in [1.165, 1.54) is 12.1 Å². The topological polar surface area (TPSA) is 58.1 Å². The van der Waals surface area contributed by atoms with E-state index in [2.05, 4.69) is 32.7 Å². The van der Waals surface area contributed by atoms with Gasteiger partial charge in [0.1, 0.15) is 5.75 Å². The van der Waals surface area contributed by atoms with E-state index in [9.17, 15) is 0 Å². The van der Waals surface area contributed by atoms with Gasteiger partial charge in [0.05, 0.1) is 7.11 Å². The Hall–Kier alpha value is -1.22. The van der Waals surface area contributed by atoms with E-state index in [4.69, 9.17) is 9.47 Å². The van der Waals surface area contributed by atoms with Crippen molar-refractivity contribution in [1.29, 1.82) is 0 Å². The molecule has 1 saturated heterocycles. The number of guanidine groups is 1. The first-order valence-electron chi connectivity index (χ1n) is 8.59. The molecule has 1 aromatic rings. The lowest BCUT2D eigenvalue weighted by Gasteiger charge is -2.20. The smallest absolute Gasteiger partial charge is 0.190 e. The van der Waals surface area contributed by atoms with E-state index < -0.39 is 0 Å². The number of hydrogen-bond donors (Lipinski definition) is 2. The van der Waals surface area contributed by atoms with Crippen LogP contribution < -0.4 is 20.3 Å². The van der Waals surface area contributed by atoms with Gasteiger partial charge in [-0.15, -0.1) is 24.0 Å². The minimum absolute atomic E-state index is 0. The maximum Gasteiger partial charge on any atom is 0.190 e. The number of ether oxygens (including phenoxy) is 2. The quantitative estimate of drug-likeness (QED) is 0.269. The normalized spacial score (nSPS) is 17.2. The van der Waals surface area contributed by atoms with Crippen molar-refractivity contribution in [1.82, 2.24) is 10.6 Å². The van der Waals surface area contributed by atoms with Crippen LogP contribution in [0.2, 0.25) is 0 Å². The summed E-state index contributed by atoms with van der Waals surface area (Å²) in [6, 6.07) is 8.28. The lowest BCUT2D eigenvalue weighted by molar-refractivity contribution is 0.195. The van der Waals surface area contributed by atoms with Gasteiger partial charge in [0.25, 0.3) is 0 Å². The molecule has 1 atom stereocenters. The van der Waals surface area contributed by atoms with Crippen molar-refractivity contribution < 1.29 is 9.47 Å². The van der Waals surface area contributed by atoms with Crippen molar-refractivity contribution in [3.05, 3.63) is 24.3 Å². The average Bonchev–Trinajstić information content (AvgIpc) is 3.10. The van der Waals surface area contributed by atoms with Gasteiger partial charge in [-0.05, 0) is 30.9 Å². The molecule has 1 aliphatic rings. The van der Waals surface area contributed by atoms with Crippen LogP contribution >= 0.6 is 24.0 Å². The van der Waals surface area contributed by atoms with Gasteiger partial charge in [0.2, 0.25) is 0 Å². The van der Waals surface area contributed by atoms with Gasteiger partial charge in [-0.1, -0.05) is 6.07 Å². The Bertz CT molecular complexity index is 528. The molecular weight excluding hydrogens is 431 g/mol. The lowest BCUT2D eigenvalue weighted by atomic mass is 10.1. The standard InChI is InChI=1S/C18H30N4O2.HI/c1-19-18(20-9-5-11-23-2)21-13-15-8-10-22(14-15)16-6-4-7-17(12-16)24-3;/h4,6-7,12,15H,5,8-11,13-14H2,1-3H3,(H2,19,20,21);1H. The average molecular weight is 462 g/mol. The Morgan fingerprint density at radius 3 is 2.88 bits per heavy atom. The Labute approximate surface area is 168 Å². The SMILES string of the molecule is CN=C(NCCCOC)NCC1CCN(c2cccc(OC)c2)C1.I. The van der Waals surface area contributed by atoms with Gasteiger partial charge >= 0.3 is 0 Å². The van der Waals surface area contributed by atoms with Gasteiger partial charge in [-0.3, -0.25) is 4.99 Å². The third-order valence-electron chi connectivity index (χ3n) is 4.30. The molecule has 2 N–H and O–H groups in total. The van der Waals surface area contributed by atoms with Gasteiger partial charge in [-0.2, -0.15) is 0 Å². The zero-order chi connectivity index (χ0) is 17.2. The summed E-state index contributed by atoms with van der Waals surface area (Å²) < 4.78 is 10.4. The predicted molar refractivity (Wildman–Crippen MR) is 115 cm³/mol. The molecule has 1 unspecified atom stereocenters. The van der Waals surface area contributed by atoms with Gasteiger partial charge < -0.3 is 25.0 Å². The molecule has 2 rings (SSSR count). The fourth-order valence-electron chi connectivity index (χ4n) is 2.93. The minimum atomic E-state index is 0. The molecule has 0 aliphatic carbocycles.